The lowest BCUT2D eigenvalue weighted by Gasteiger charge is -2.08. The van der Waals surface area contributed by atoms with Crippen molar-refractivity contribution < 1.29 is 14.3 Å². The molecule has 2 aliphatic rings. The summed E-state index contributed by atoms with van der Waals surface area (Å²) in [5.41, 5.74) is 0.613. The average Bonchev–Trinajstić information content (AvgIpc) is 2.93. The van der Waals surface area contributed by atoms with Gasteiger partial charge in [0.05, 0.1) is 0 Å². The second kappa shape index (κ2) is 5.67. The smallest absolute Gasteiger partial charge is 0.231 e. The van der Waals surface area contributed by atoms with Crippen molar-refractivity contribution in [3.63, 3.8) is 0 Å². The molecule has 0 fully saturated rings. The molecule has 0 amide bonds. The molecule has 1 aromatic carbocycles. The molecule has 0 radical (unpaired) electrons. The van der Waals surface area contributed by atoms with E-state index in [2.05, 4.69) is 28.1 Å². The fraction of sp³-hybridized carbons (Fsp3) is 0.188. The van der Waals surface area contributed by atoms with E-state index < -0.39 is 0 Å². The van der Waals surface area contributed by atoms with Crippen LogP contribution in [0.25, 0.3) is 0 Å². The Labute approximate surface area is 125 Å². The summed E-state index contributed by atoms with van der Waals surface area (Å²) >= 11 is 3.42. The zero-order valence-corrected chi connectivity index (χ0v) is 12.3. The highest BCUT2D eigenvalue weighted by atomic mass is 79.9. The van der Waals surface area contributed by atoms with Crippen LogP contribution in [-0.4, -0.2) is 12.6 Å². The molecule has 0 aromatic heterocycles. The van der Waals surface area contributed by atoms with Crippen molar-refractivity contribution >= 4 is 21.7 Å². The third-order valence-corrected chi connectivity index (χ3v) is 3.83. The van der Waals surface area contributed by atoms with Crippen molar-refractivity contribution in [1.29, 1.82) is 0 Å². The third-order valence-electron chi connectivity index (χ3n) is 3.24. The Bertz CT molecular complexity index is 629. The van der Waals surface area contributed by atoms with E-state index in [1.54, 1.807) is 24.3 Å². The highest BCUT2D eigenvalue weighted by Crippen LogP contribution is 2.32. The number of benzene rings is 1. The number of ether oxygens (including phenoxy) is 2. The Morgan fingerprint density at radius 1 is 1.30 bits per heavy atom. The highest BCUT2D eigenvalue weighted by Gasteiger charge is 2.15. The number of carbonyl (C=O) groups excluding carboxylic acids is 1. The minimum Gasteiger partial charge on any atom is -0.454 e. The summed E-state index contributed by atoms with van der Waals surface area (Å²) in [5, 5.41) is 0. The van der Waals surface area contributed by atoms with E-state index in [1.807, 2.05) is 12.2 Å². The van der Waals surface area contributed by atoms with Crippen molar-refractivity contribution in [2.24, 2.45) is 5.92 Å². The first kappa shape index (κ1) is 13.2. The number of ketones is 1. The van der Waals surface area contributed by atoms with Gasteiger partial charge in [0.15, 0.2) is 17.3 Å². The minimum absolute atomic E-state index is 0.0229. The molecule has 1 aromatic rings. The van der Waals surface area contributed by atoms with Gasteiger partial charge in [-0.3, -0.25) is 4.79 Å². The monoisotopic (exact) mass is 332 g/mol. The topological polar surface area (TPSA) is 35.5 Å². The molecule has 0 bridgehead atoms. The number of carbonyl (C=O) groups is 1. The van der Waals surface area contributed by atoms with Crippen LogP contribution in [0.15, 0.2) is 53.1 Å². The summed E-state index contributed by atoms with van der Waals surface area (Å²) in [6.45, 7) is 0.219. The second-order valence-electron chi connectivity index (χ2n) is 4.64. The summed E-state index contributed by atoms with van der Waals surface area (Å²) in [5.74, 6) is 1.57. The molecule has 1 unspecified atom stereocenters. The van der Waals surface area contributed by atoms with E-state index in [0.29, 0.717) is 17.1 Å². The van der Waals surface area contributed by atoms with Crippen molar-refractivity contribution in [1.82, 2.24) is 0 Å². The maximum atomic E-state index is 12.1. The van der Waals surface area contributed by atoms with Crippen LogP contribution >= 0.6 is 15.9 Å². The van der Waals surface area contributed by atoms with Gasteiger partial charge in [0.25, 0.3) is 0 Å². The largest absolute Gasteiger partial charge is 0.454 e. The number of rotatable bonds is 3. The number of hydrogen-bond acceptors (Lipinski definition) is 3. The van der Waals surface area contributed by atoms with Crippen LogP contribution in [0, 0.1) is 5.92 Å². The summed E-state index contributed by atoms with van der Waals surface area (Å²) < 4.78 is 11.6. The van der Waals surface area contributed by atoms with E-state index in [-0.39, 0.29) is 18.5 Å². The SMILES string of the molecule is O=C(C=CC1C=CC(Br)=CC1)c1ccc2c(c1)OCO2. The van der Waals surface area contributed by atoms with Gasteiger partial charge in [-0.2, -0.15) is 0 Å². The van der Waals surface area contributed by atoms with Crippen LogP contribution in [0.2, 0.25) is 0 Å². The van der Waals surface area contributed by atoms with E-state index in [0.717, 1.165) is 10.9 Å². The van der Waals surface area contributed by atoms with Gasteiger partial charge in [0.1, 0.15) is 0 Å². The Kier molecular flexibility index (Phi) is 3.74. The molecule has 3 rings (SSSR count). The lowest BCUT2D eigenvalue weighted by atomic mass is 9.99. The summed E-state index contributed by atoms with van der Waals surface area (Å²) in [6.07, 6.45) is 10.6. The van der Waals surface area contributed by atoms with Gasteiger partial charge in [0, 0.05) is 10.0 Å². The molecule has 20 heavy (non-hydrogen) atoms. The molecular weight excluding hydrogens is 320 g/mol. The highest BCUT2D eigenvalue weighted by molar-refractivity contribution is 9.11. The van der Waals surface area contributed by atoms with Gasteiger partial charge < -0.3 is 9.47 Å². The molecule has 0 saturated heterocycles. The van der Waals surface area contributed by atoms with Gasteiger partial charge >= 0.3 is 0 Å². The number of allylic oxidation sites excluding steroid dienone is 6. The molecule has 1 atom stereocenters. The lowest BCUT2D eigenvalue weighted by Crippen LogP contribution is -1.98. The predicted molar refractivity (Wildman–Crippen MR) is 80.3 cm³/mol. The zero-order chi connectivity index (χ0) is 13.9. The summed E-state index contributed by atoms with van der Waals surface area (Å²) in [6, 6.07) is 5.25. The first-order chi connectivity index (χ1) is 9.72. The van der Waals surface area contributed by atoms with Gasteiger partial charge in [0.2, 0.25) is 6.79 Å². The Hall–Kier alpha value is -1.81. The molecule has 0 spiro atoms. The molecule has 1 heterocycles. The Morgan fingerprint density at radius 3 is 2.95 bits per heavy atom. The number of hydrogen-bond donors (Lipinski definition) is 0. The molecule has 1 aliphatic heterocycles. The summed E-state index contributed by atoms with van der Waals surface area (Å²) in [7, 11) is 0. The van der Waals surface area contributed by atoms with Crippen molar-refractivity contribution in [3.8, 4) is 11.5 Å². The second-order valence-corrected chi connectivity index (χ2v) is 5.55. The average molecular weight is 333 g/mol. The maximum absolute atomic E-state index is 12.1. The molecule has 0 N–H and O–H groups in total. The van der Waals surface area contributed by atoms with Gasteiger partial charge in [-0.05, 0) is 36.6 Å². The standard InChI is InChI=1S/C16H13BrO3/c17-13-5-1-11(2-6-13)3-7-14(18)12-4-8-15-16(9-12)20-10-19-15/h1,3-9,11H,2,10H2. The van der Waals surface area contributed by atoms with Crippen LogP contribution in [0.3, 0.4) is 0 Å². The van der Waals surface area contributed by atoms with Crippen LogP contribution in [0.4, 0.5) is 0 Å². The Morgan fingerprint density at radius 2 is 2.15 bits per heavy atom. The Balaban J connectivity index is 1.69. The van der Waals surface area contributed by atoms with Crippen molar-refractivity contribution in [2.45, 2.75) is 6.42 Å². The lowest BCUT2D eigenvalue weighted by molar-refractivity contribution is 0.104. The van der Waals surface area contributed by atoms with Gasteiger partial charge in [-0.1, -0.05) is 40.2 Å². The van der Waals surface area contributed by atoms with Crippen LogP contribution < -0.4 is 9.47 Å². The minimum atomic E-state index is -0.0229. The molecule has 3 nitrogen and oxygen atoms in total. The van der Waals surface area contributed by atoms with Crippen molar-refractivity contribution in [3.05, 3.63) is 58.6 Å². The van der Waals surface area contributed by atoms with Gasteiger partial charge in [-0.15, -0.1) is 0 Å². The quantitative estimate of drug-likeness (QED) is 0.619. The molecule has 1 aliphatic carbocycles. The fourth-order valence-electron chi connectivity index (χ4n) is 2.11. The predicted octanol–water partition coefficient (Wildman–Crippen LogP) is 4.01. The van der Waals surface area contributed by atoms with E-state index >= 15 is 0 Å². The first-order valence-corrected chi connectivity index (χ1v) is 7.18. The number of fused-ring (bicyclic) bond motifs is 1. The van der Waals surface area contributed by atoms with Crippen molar-refractivity contribution in [2.75, 3.05) is 6.79 Å². The third kappa shape index (κ3) is 2.85. The molecule has 4 heteroatoms. The molecular formula is C16H13BrO3. The van der Waals surface area contributed by atoms with E-state index in [1.165, 1.54) is 0 Å². The first-order valence-electron chi connectivity index (χ1n) is 6.38. The maximum Gasteiger partial charge on any atom is 0.231 e. The van der Waals surface area contributed by atoms with E-state index in [4.69, 9.17) is 9.47 Å². The van der Waals surface area contributed by atoms with Crippen LogP contribution in [-0.2, 0) is 0 Å². The summed E-state index contributed by atoms with van der Waals surface area (Å²) in [4.78, 5) is 12.1. The fourth-order valence-corrected chi connectivity index (χ4v) is 2.45. The van der Waals surface area contributed by atoms with E-state index in [9.17, 15) is 4.79 Å². The zero-order valence-electron chi connectivity index (χ0n) is 10.7. The van der Waals surface area contributed by atoms with Crippen LogP contribution in [0.5, 0.6) is 11.5 Å². The molecule has 102 valence electrons. The number of halogens is 1. The van der Waals surface area contributed by atoms with Crippen LogP contribution in [0.1, 0.15) is 16.8 Å². The normalized spacial score (nSPS) is 20.2. The van der Waals surface area contributed by atoms with Gasteiger partial charge in [-0.25, -0.2) is 0 Å². The molecule has 0 saturated carbocycles.